The van der Waals surface area contributed by atoms with E-state index in [1.807, 2.05) is 44.3 Å². The Morgan fingerprint density at radius 1 is 1.14 bits per heavy atom. The number of likely N-dealkylation sites (N-methyl/N-ethyl adjacent to an activating group) is 1. The lowest BCUT2D eigenvalue weighted by atomic mass is 10.00. The van der Waals surface area contributed by atoms with Crippen molar-refractivity contribution in [2.75, 3.05) is 20.1 Å². The van der Waals surface area contributed by atoms with Crippen LogP contribution in [-0.4, -0.2) is 35.9 Å². The van der Waals surface area contributed by atoms with Crippen LogP contribution in [0, 0.1) is 0 Å². The first kappa shape index (κ1) is 15.2. The van der Waals surface area contributed by atoms with Gasteiger partial charge in [0, 0.05) is 26.0 Å². The minimum absolute atomic E-state index is 0.0107. The van der Waals surface area contributed by atoms with Crippen molar-refractivity contribution >= 4 is 5.91 Å². The van der Waals surface area contributed by atoms with Gasteiger partial charge >= 0.3 is 0 Å². The highest BCUT2D eigenvalue weighted by atomic mass is 16.2. The predicted octanol–water partition coefficient (Wildman–Crippen LogP) is 2.24. The second-order valence-corrected chi connectivity index (χ2v) is 4.91. The number of hydrogen-bond donors (Lipinski definition) is 1. The van der Waals surface area contributed by atoms with Gasteiger partial charge in [0.2, 0.25) is 5.91 Å². The summed E-state index contributed by atoms with van der Waals surface area (Å²) in [6, 6.07) is 14.1. The molecule has 1 atom stereocenters. The van der Waals surface area contributed by atoms with E-state index >= 15 is 0 Å². The highest BCUT2D eigenvalue weighted by Crippen LogP contribution is 2.20. The predicted molar refractivity (Wildman–Crippen MR) is 83.8 cm³/mol. The maximum atomic E-state index is 12.0. The van der Waals surface area contributed by atoms with Crippen molar-refractivity contribution in [2.24, 2.45) is 0 Å². The highest BCUT2D eigenvalue weighted by Gasteiger charge is 2.15. The van der Waals surface area contributed by atoms with Crippen LogP contribution in [0.15, 0.2) is 54.9 Å². The summed E-state index contributed by atoms with van der Waals surface area (Å²) in [5.41, 5.74) is 2.24. The molecule has 1 amide bonds. The molecule has 0 spiro atoms. The van der Waals surface area contributed by atoms with E-state index in [0.29, 0.717) is 13.1 Å². The van der Waals surface area contributed by atoms with Crippen molar-refractivity contribution in [1.82, 2.24) is 15.2 Å². The van der Waals surface area contributed by atoms with E-state index < -0.39 is 0 Å². The molecule has 0 radical (unpaired) electrons. The topological polar surface area (TPSA) is 45.2 Å². The first-order valence-electron chi connectivity index (χ1n) is 7.14. The Kier molecular flexibility index (Phi) is 5.46. The van der Waals surface area contributed by atoms with Crippen molar-refractivity contribution in [3.8, 4) is 0 Å². The lowest BCUT2D eigenvalue weighted by Crippen LogP contribution is -2.37. The molecule has 1 unspecified atom stereocenters. The second-order valence-electron chi connectivity index (χ2n) is 4.91. The average Bonchev–Trinajstić information content (AvgIpc) is 2.56. The zero-order valence-electron chi connectivity index (χ0n) is 12.5. The Labute approximate surface area is 125 Å². The number of rotatable bonds is 6. The zero-order valence-corrected chi connectivity index (χ0v) is 12.5. The lowest BCUT2D eigenvalue weighted by molar-refractivity contribution is -0.128. The van der Waals surface area contributed by atoms with Gasteiger partial charge in [0.05, 0.1) is 12.6 Å². The number of benzene rings is 1. The van der Waals surface area contributed by atoms with Crippen molar-refractivity contribution in [3.05, 3.63) is 66.0 Å². The number of nitrogens with zero attached hydrogens (tertiary/aromatic N) is 2. The summed E-state index contributed by atoms with van der Waals surface area (Å²) < 4.78 is 0. The Morgan fingerprint density at radius 3 is 2.38 bits per heavy atom. The number of pyridine rings is 1. The van der Waals surface area contributed by atoms with Gasteiger partial charge in [-0.15, -0.1) is 0 Å². The standard InChI is InChI=1S/C17H21N3O/c1-3-20(2)16(21)13-19-17(14-7-5-4-6-8-14)15-9-11-18-12-10-15/h4-12,17,19H,3,13H2,1-2H3. The lowest BCUT2D eigenvalue weighted by Gasteiger charge is -2.21. The number of amides is 1. The second kappa shape index (κ2) is 7.55. The van der Waals surface area contributed by atoms with Crippen molar-refractivity contribution in [3.63, 3.8) is 0 Å². The summed E-state index contributed by atoms with van der Waals surface area (Å²) in [5, 5.41) is 3.35. The number of nitrogens with one attached hydrogen (secondary N) is 1. The molecule has 0 saturated heterocycles. The molecule has 4 heteroatoms. The van der Waals surface area contributed by atoms with Gasteiger partial charge < -0.3 is 4.90 Å². The molecule has 0 aliphatic carbocycles. The monoisotopic (exact) mass is 283 g/mol. The van der Waals surface area contributed by atoms with Crippen LogP contribution in [0.25, 0.3) is 0 Å². The summed E-state index contributed by atoms with van der Waals surface area (Å²) in [4.78, 5) is 17.8. The molecule has 4 nitrogen and oxygen atoms in total. The van der Waals surface area contributed by atoms with E-state index in [-0.39, 0.29) is 11.9 Å². The van der Waals surface area contributed by atoms with Crippen LogP contribution in [0.1, 0.15) is 24.1 Å². The van der Waals surface area contributed by atoms with E-state index in [1.54, 1.807) is 17.3 Å². The third kappa shape index (κ3) is 4.13. The summed E-state index contributed by atoms with van der Waals surface area (Å²) in [6.45, 7) is 2.99. The third-order valence-electron chi connectivity index (χ3n) is 3.53. The molecule has 1 aromatic heterocycles. The van der Waals surface area contributed by atoms with Gasteiger partial charge in [0.15, 0.2) is 0 Å². The van der Waals surface area contributed by atoms with Gasteiger partial charge in [0.1, 0.15) is 0 Å². The summed E-state index contributed by atoms with van der Waals surface area (Å²) >= 11 is 0. The van der Waals surface area contributed by atoms with Crippen LogP contribution >= 0.6 is 0 Å². The molecule has 1 heterocycles. The molecule has 0 fully saturated rings. The Bertz CT molecular complexity index is 517. The summed E-state index contributed by atoms with van der Waals surface area (Å²) in [5.74, 6) is 0.0903. The van der Waals surface area contributed by atoms with Gasteiger partial charge in [-0.05, 0) is 30.2 Å². The van der Waals surface area contributed by atoms with Crippen molar-refractivity contribution in [2.45, 2.75) is 13.0 Å². The minimum atomic E-state index is -0.0107. The van der Waals surface area contributed by atoms with Crippen LogP contribution in [-0.2, 0) is 4.79 Å². The normalized spacial score (nSPS) is 11.9. The zero-order chi connectivity index (χ0) is 15.1. The third-order valence-corrected chi connectivity index (χ3v) is 3.53. The number of carbonyl (C=O) groups is 1. The van der Waals surface area contributed by atoms with Gasteiger partial charge in [-0.3, -0.25) is 15.1 Å². The van der Waals surface area contributed by atoms with Crippen molar-refractivity contribution < 1.29 is 4.79 Å². The van der Waals surface area contributed by atoms with Gasteiger partial charge in [-0.2, -0.15) is 0 Å². The summed E-state index contributed by atoms with van der Waals surface area (Å²) in [6.07, 6.45) is 3.54. The molecule has 0 saturated carbocycles. The van der Waals surface area contributed by atoms with E-state index in [0.717, 1.165) is 11.1 Å². The van der Waals surface area contributed by atoms with Gasteiger partial charge in [0.25, 0.3) is 0 Å². The Balaban J connectivity index is 2.16. The number of aromatic nitrogens is 1. The van der Waals surface area contributed by atoms with E-state index in [9.17, 15) is 4.79 Å². The van der Waals surface area contributed by atoms with Gasteiger partial charge in [-0.1, -0.05) is 30.3 Å². The van der Waals surface area contributed by atoms with Crippen molar-refractivity contribution in [1.29, 1.82) is 0 Å². The first-order valence-corrected chi connectivity index (χ1v) is 7.14. The van der Waals surface area contributed by atoms with Crippen LogP contribution in [0.4, 0.5) is 0 Å². The average molecular weight is 283 g/mol. The fourth-order valence-electron chi connectivity index (χ4n) is 2.13. The summed E-state index contributed by atoms with van der Waals surface area (Å²) in [7, 11) is 1.81. The highest BCUT2D eigenvalue weighted by molar-refractivity contribution is 5.78. The smallest absolute Gasteiger partial charge is 0.236 e. The van der Waals surface area contributed by atoms with E-state index in [1.165, 1.54) is 0 Å². The maximum Gasteiger partial charge on any atom is 0.236 e. The maximum absolute atomic E-state index is 12.0. The number of carbonyl (C=O) groups excluding carboxylic acids is 1. The molecular weight excluding hydrogens is 262 g/mol. The molecule has 21 heavy (non-hydrogen) atoms. The van der Waals surface area contributed by atoms with Crippen LogP contribution in [0.3, 0.4) is 0 Å². The molecular formula is C17H21N3O. The minimum Gasteiger partial charge on any atom is -0.345 e. The van der Waals surface area contributed by atoms with E-state index in [4.69, 9.17) is 0 Å². The molecule has 1 N–H and O–H groups in total. The quantitative estimate of drug-likeness (QED) is 0.884. The fraction of sp³-hybridized carbons (Fsp3) is 0.294. The molecule has 2 rings (SSSR count). The first-order chi connectivity index (χ1) is 10.2. The molecule has 2 aromatic rings. The molecule has 1 aromatic carbocycles. The van der Waals surface area contributed by atoms with Crippen LogP contribution in [0.2, 0.25) is 0 Å². The SMILES string of the molecule is CCN(C)C(=O)CNC(c1ccccc1)c1ccncc1. The van der Waals surface area contributed by atoms with Gasteiger partial charge in [-0.25, -0.2) is 0 Å². The fourth-order valence-corrected chi connectivity index (χ4v) is 2.13. The number of hydrogen-bond acceptors (Lipinski definition) is 3. The molecule has 0 aliphatic rings. The molecule has 110 valence electrons. The Hall–Kier alpha value is -2.20. The van der Waals surface area contributed by atoms with Crippen LogP contribution < -0.4 is 5.32 Å². The Morgan fingerprint density at radius 2 is 1.76 bits per heavy atom. The van der Waals surface area contributed by atoms with Crippen LogP contribution in [0.5, 0.6) is 0 Å². The largest absolute Gasteiger partial charge is 0.345 e. The molecule has 0 aliphatic heterocycles. The molecule has 0 bridgehead atoms. The van der Waals surface area contributed by atoms with E-state index in [2.05, 4.69) is 22.4 Å².